The molecule has 0 saturated carbocycles. The molecule has 0 atom stereocenters. The van der Waals surface area contributed by atoms with Gasteiger partial charge in [-0.3, -0.25) is 0 Å². The van der Waals surface area contributed by atoms with Crippen molar-refractivity contribution in [3.05, 3.63) is 33.8 Å². The second-order valence-electron chi connectivity index (χ2n) is 2.80. The predicted octanol–water partition coefficient (Wildman–Crippen LogP) is 1.46. The minimum atomic E-state index is -0.542. The molecule has 0 fully saturated rings. The Kier molecular flexibility index (Phi) is 3.67. The van der Waals surface area contributed by atoms with Gasteiger partial charge in [-0.2, -0.15) is 5.26 Å². The first-order valence-electron chi connectivity index (χ1n) is 4.15. The Morgan fingerprint density at radius 2 is 2.33 bits per heavy atom. The Morgan fingerprint density at radius 1 is 1.67 bits per heavy atom. The number of carbonyl (C=O) groups is 1. The van der Waals surface area contributed by atoms with E-state index in [1.807, 2.05) is 6.07 Å². The zero-order valence-corrected chi connectivity index (χ0v) is 8.84. The third-order valence-corrected chi connectivity index (χ3v) is 2.25. The molecule has 0 unspecified atom stereocenters. The Bertz CT molecular complexity index is 438. The number of carbonyl (C=O) groups excluding carboxylic acids is 1. The van der Waals surface area contributed by atoms with Gasteiger partial charge >= 0.3 is 5.97 Å². The number of nitrogens with zero attached hydrogens (tertiary/aromatic N) is 1. The van der Waals surface area contributed by atoms with Gasteiger partial charge in [-0.25, -0.2) is 4.79 Å². The summed E-state index contributed by atoms with van der Waals surface area (Å²) in [6.07, 6.45) is 0. The first-order chi connectivity index (χ1) is 7.13. The normalized spacial score (nSPS) is 9.47. The van der Waals surface area contributed by atoms with Crippen LogP contribution >= 0.6 is 11.6 Å². The van der Waals surface area contributed by atoms with Crippen LogP contribution in [0.4, 0.5) is 0 Å². The highest BCUT2D eigenvalue weighted by atomic mass is 35.5. The van der Waals surface area contributed by atoms with Gasteiger partial charge in [0, 0.05) is 6.54 Å². The first-order valence-corrected chi connectivity index (χ1v) is 4.52. The molecule has 0 amide bonds. The molecular weight excluding hydrogens is 216 g/mol. The molecule has 0 aliphatic heterocycles. The standard InChI is InChI=1S/C10H9ClN2O2/c1-15-10(14)8-2-6(4-12)7(5-13)3-9(8)11/h2-3H,4,12H2,1H3. The van der Waals surface area contributed by atoms with Crippen LogP contribution in [0.1, 0.15) is 21.5 Å². The van der Waals surface area contributed by atoms with E-state index in [0.717, 1.165) is 0 Å². The maximum Gasteiger partial charge on any atom is 0.339 e. The molecule has 0 aliphatic carbocycles. The van der Waals surface area contributed by atoms with Gasteiger partial charge in [0.2, 0.25) is 0 Å². The molecule has 1 aromatic carbocycles. The van der Waals surface area contributed by atoms with Gasteiger partial charge in [-0.05, 0) is 17.7 Å². The van der Waals surface area contributed by atoms with Gasteiger partial charge in [0.25, 0.3) is 0 Å². The van der Waals surface area contributed by atoms with E-state index >= 15 is 0 Å². The fraction of sp³-hybridized carbons (Fsp3) is 0.200. The van der Waals surface area contributed by atoms with E-state index in [4.69, 9.17) is 22.6 Å². The summed E-state index contributed by atoms with van der Waals surface area (Å²) in [5.74, 6) is -0.542. The van der Waals surface area contributed by atoms with Gasteiger partial charge < -0.3 is 10.5 Å². The van der Waals surface area contributed by atoms with E-state index in [9.17, 15) is 4.79 Å². The third-order valence-electron chi connectivity index (χ3n) is 1.94. The quantitative estimate of drug-likeness (QED) is 0.772. The molecule has 0 radical (unpaired) electrons. The SMILES string of the molecule is COC(=O)c1cc(CN)c(C#N)cc1Cl. The summed E-state index contributed by atoms with van der Waals surface area (Å²) in [4.78, 5) is 11.3. The maximum atomic E-state index is 11.3. The second-order valence-corrected chi connectivity index (χ2v) is 3.20. The maximum absolute atomic E-state index is 11.3. The van der Waals surface area contributed by atoms with E-state index in [-0.39, 0.29) is 17.1 Å². The summed E-state index contributed by atoms with van der Waals surface area (Å²) < 4.78 is 4.54. The summed E-state index contributed by atoms with van der Waals surface area (Å²) in [5.41, 5.74) is 6.60. The van der Waals surface area contributed by atoms with Crippen LogP contribution < -0.4 is 5.73 Å². The summed E-state index contributed by atoms with van der Waals surface area (Å²) in [6.45, 7) is 0.171. The lowest BCUT2D eigenvalue weighted by Gasteiger charge is -2.06. The van der Waals surface area contributed by atoms with Crippen molar-refractivity contribution in [3.8, 4) is 6.07 Å². The van der Waals surface area contributed by atoms with E-state index < -0.39 is 5.97 Å². The van der Waals surface area contributed by atoms with Crippen LogP contribution in [0.25, 0.3) is 0 Å². The van der Waals surface area contributed by atoms with Crippen LogP contribution in [0.2, 0.25) is 5.02 Å². The van der Waals surface area contributed by atoms with Crippen molar-refractivity contribution in [3.63, 3.8) is 0 Å². The van der Waals surface area contributed by atoms with Crippen molar-refractivity contribution < 1.29 is 9.53 Å². The minimum absolute atomic E-state index is 0.171. The van der Waals surface area contributed by atoms with Crippen molar-refractivity contribution in [1.29, 1.82) is 5.26 Å². The predicted molar refractivity (Wildman–Crippen MR) is 55.4 cm³/mol. The van der Waals surface area contributed by atoms with Crippen LogP contribution in [0, 0.1) is 11.3 Å². The molecule has 1 aromatic rings. The Balaban J connectivity index is 3.33. The molecule has 0 heterocycles. The number of hydrogen-bond donors (Lipinski definition) is 1. The van der Waals surface area contributed by atoms with Gasteiger partial charge in [0.05, 0.1) is 29.3 Å². The summed E-state index contributed by atoms with van der Waals surface area (Å²) in [7, 11) is 1.26. The summed E-state index contributed by atoms with van der Waals surface area (Å²) in [5, 5.41) is 8.97. The number of hydrogen-bond acceptors (Lipinski definition) is 4. The van der Waals surface area contributed by atoms with Crippen LogP contribution in [0.5, 0.6) is 0 Å². The molecule has 78 valence electrons. The molecule has 0 bridgehead atoms. The topological polar surface area (TPSA) is 76.1 Å². The van der Waals surface area contributed by atoms with E-state index in [1.165, 1.54) is 19.2 Å². The summed E-state index contributed by atoms with van der Waals surface area (Å²) in [6, 6.07) is 4.85. The average Bonchev–Trinajstić information content (AvgIpc) is 2.27. The molecule has 0 aromatic heterocycles. The highest BCUT2D eigenvalue weighted by Gasteiger charge is 2.14. The zero-order chi connectivity index (χ0) is 11.4. The largest absolute Gasteiger partial charge is 0.465 e. The third kappa shape index (κ3) is 2.27. The van der Waals surface area contributed by atoms with Crippen LogP contribution in [-0.2, 0) is 11.3 Å². The highest BCUT2D eigenvalue weighted by molar-refractivity contribution is 6.33. The Hall–Kier alpha value is -1.57. The van der Waals surface area contributed by atoms with Gasteiger partial charge in [-0.15, -0.1) is 0 Å². The molecular formula is C10H9ClN2O2. The van der Waals surface area contributed by atoms with Crippen molar-refractivity contribution in [1.82, 2.24) is 0 Å². The van der Waals surface area contributed by atoms with E-state index in [1.54, 1.807) is 0 Å². The van der Waals surface area contributed by atoms with Crippen LogP contribution in [0.3, 0.4) is 0 Å². The highest BCUT2D eigenvalue weighted by Crippen LogP contribution is 2.21. The number of nitriles is 1. The van der Waals surface area contributed by atoms with Gasteiger partial charge in [0.1, 0.15) is 0 Å². The Labute approximate surface area is 92.2 Å². The minimum Gasteiger partial charge on any atom is -0.465 e. The fourth-order valence-corrected chi connectivity index (χ4v) is 1.40. The number of halogens is 1. The van der Waals surface area contributed by atoms with Gasteiger partial charge in [0.15, 0.2) is 0 Å². The summed E-state index contributed by atoms with van der Waals surface area (Å²) >= 11 is 5.82. The number of ether oxygens (including phenoxy) is 1. The molecule has 1 rings (SSSR count). The van der Waals surface area contributed by atoms with Crippen LogP contribution in [0.15, 0.2) is 12.1 Å². The smallest absolute Gasteiger partial charge is 0.339 e. The second kappa shape index (κ2) is 4.78. The molecule has 15 heavy (non-hydrogen) atoms. The molecule has 2 N–H and O–H groups in total. The van der Waals surface area contributed by atoms with Crippen molar-refractivity contribution in [2.75, 3.05) is 7.11 Å². The number of methoxy groups -OCH3 is 1. The first kappa shape index (κ1) is 11.5. The zero-order valence-electron chi connectivity index (χ0n) is 8.08. The average molecular weight is 225 g/mol. The monoisotopic (exact) mass is 224 g/mol. The van der Waals surface area contributed by atoms with E-state index in [2.05, 4.69) is 4.74 Å². The van der Waals surface area contributed by atoms with Crippen molar-refractivity contribution in [2.24, 2.45) is 5.73 Å². The van der Waals surface area contributed by atoms with Crippen molar-refractivity contribution >= 4 is 17.6 Å². The number of esters is 1. The Morgan fingerprint density at radius 3 is 2.80 bits per heavy atom. The number of nitrogens with two attached hydrogens (primary N) is 1. The van der Waals surface area contributed by atoms with Gasteiger partial charge in [-0.1, -0.05) is 11.6 Å². The lowest BCUT2D eigenvalue weighted by molar-refractivity contribution is 0.0601. The van der Waals surface area contributed by atoms with Crippen LogP contribution in [-0.4, -0.2) is 13.1 Å². The molecule has 0 saturated heterocycles. The molecule has 0 spiro atoms. The van der Waals surface area contributed by atoms with Crippen molar-refractivity contribution in [2.45, 2.75) is 6.54 Å². The molecule has 4 nitrogen and oxygen atoms in total. The molecule has 5 heteroatoms. The van der Waals surface area contributed by atoms with E-state index in [0.29, 0.717) is 11.1 Å². The lowest BCUT2D eigenvalue weighted by atomic mass is 10.0. The lowest BCUT2D eigenvalue weighted by Crippen LogP contribution is -2.06. The molecule has 0 aliphatic rings. The number of benzene rings is 1. The fourth-order valence-electron chi connectivity index (χ4n) is 1.16. The number of rotatable bonds is 2.